The van der Waals surface area contributed by atoms with Gasteiger partial charge in [-0.3, -0.25) is 4.90 Å². The molecule has 0 spiro atoms. The standard InChI is InChI=1S/C13H26N2O/c14-12-13(6-3-1-2-4-7-13)15-8-5-10-16-11-9-15/h1-12,14H2. The summed E-state index contributed by atoms with van der Waals surface area (Å²) >= 11 is 0. The minimum atomic E-state index is 0.296. The molecule has 2 N–H and O–H groups in total. The molecule has 0 atom stereocenters. The van der Waals surface area contributed by atoms with Gasteiger partial charge in [0, 0.05) is 31.8 Å². The summed E-state index contributed by atoms with van der Waals surface area (Å²) < 4.78 is 5.55. The van der Waals surface area contributed by atoms with Crippen molar-refractivity contribution < 1.29 is 4.74 Å². The first-order chi connectivity index (χ1) is 7.87. The van der Waals surface area contributed by atoms with Crippen molar-refractivity contribution in [1.82, 2.24) is 4.90 Å². The van der Waals surface area contributed by atoms with Gasteiger partial charge in [-0.05, 0) is 19.3 Å². The van der Waals surface area contributed by atoms with E-state index in [1.807, 2.05) is 0 Å². The maximum Gasteiger partial charge on any atom is 0.0593 e. The van der Waals surface area contributed by atoms with Gasteiger partial charge in [0.2, 0.25) is 0 Å². The van der Waals surface area contributed by atoms with Gasteiger partial charge in [0.05, 0.1) is 6.61 Å². The lowest BCUT2D eigenvalue weighted by molar-refractivity contribution is 0.0697. The molecule has 1 aliphatic heterocycles. The summed E-state index contributed by atoms with van der Waals surface area (Å²) in [4.78, 5) is 2.63. The fourth-order valence-electron chi connectivity index (χ4n) is 3.26. The fourth-order valence-corrected chi connectivity index (χ4v) is 3.26. The summed E-state index contributed by atoms with van der Waals surface area (Å²) in [5.74, 6) is 0. The molecule has 0 aromatic carbocycles. The molecule has 2 fully saturated rings. The summed E-state index contributed by atoms with van der Waals surface area (Å²) in [6.07, 6.45) is 9.26. The van der Waals surface area contributed by atoms with Gasteiger partial charge < -0.3 is 10.5 Å². The summed E-state index contributed by atoms with van der Waals surface area (Å²) in [6, 6.07) is 0. The first-order valence-electron chi connectivity index (χ1n) is 6.90. The van der Waals surface area contributed by atoms with Gasteiger partial charge in [0.15, 0.2) is 0 Å². The van der Waals surface area contributed by atoms with Crippen LogP contribution in [0.15, 0.2) is 0 Å². The van der Waals surface area contributed by atoms with Gasteiger partial charge in [-0.1, -0.05) is 25.7 Å². The van der Waals surface area contributed by atoms with Crippen LogP contribution in [0.2, 0.25) is 0 Å². The number of rotatable bonds is 2. The van der Waals surface area contributed by atoms with Crippen LogP contribution in [0.1, 0.15) is 44.9 Å². The molecule has 0 unspecified atom stereocenters. The van der Waals surface area contributed by atoms with Gasteiger partial charge in [0.25, 0.3) is 0 Å². The van der Waals surface area contributed by atoms with Crippen molar-refractivity contribution in [2.75, 3.05) is 32.8 Å². The number of nitrogens with two attached hydrogens (primary N) is 1. The van der Waals surface area contributed by atoms with E-state index >= 15 is 0 Å². The topological polar surface area (TPSA) is 38.5 Å². The Labute approximate surface area is 99.3 Å². The molecule has 2 aliphatic rings. The monoisotopic (exact) mass is 226 g/mol. The highest BCUT2D eigenvalue weighted by Crippen LogP contribution is 2.32. The quantitative estimate of drug-likeness (QED) is 0.729. The summed E-state index contributed by atoms with van der Waals surface area (Å²) in [7, 11) is 0. The molecule has 3 nitrogen and oxygen atoms in total. The van der Waals surface area contributed by atoms with Crippen LogP contribution in [0, 0.1) is 0 Å². The maximum atomic E-state index is 6.11. The van der Waals surface area contributed by atoms with Gasteiger partial charge in [0.1, 0.15) is 0 Å². The van der Waals surface area contributed by atoms with Crippen molar-refractivity contribution in [2.45, 2.75) is 50.5 Å². The van der Waals surface area contributed by atoms with E-state index in [-0.39, 0.29) is 0 Å². The molecular formula is C13H26N2O. The molecule has 1 aliphatic carbocycles. The van der Waals surface area contributed by atoms with Crippen molar-refractivity contribution in [3.63, 3.8) is 0 Å². The van der Waals surface area contributed by atoms with Gasteiger partial charge >= 0.3 is 0 Å². The number of hydrogen-bond acceptors (Lipinski definition) is 3. The zero-order chi connectivity index (χ0) is 11.3. The van der Waals surface area contributed by atoms with Crippen LogP contribution in [0.4, 0.5) is 0 Å². The van der Waals surface area contributed by atoms with E-state index < -0.39 is 0 Å². The van der Waals surface area contributed by atoms with Crippen LogP contribution in [0.3, 0.4) is 0 Å². The molecule has 1 saturated carbocycles. The predicted molar refractivity (Wildman–Crippen MR) is 66.5 cm³/mol. The molecule has 0 aromatic heterocycles. The minimum absolute atomic E-state index is 0.296. The molecule has 3 heteroatoms. The lowest BCUT2D eigenvalue weighted by Gasteiger charge is -2.42. The van der Waals surface area contributed by atoms with Crippen LogP contribution in [0.5, 0.6) is 0 Å². The Hall–Kier alpha value is -0.120. The normalized spacial score (nSPS) is 28.3. The summed E-state index contributed by atoms with van der Waals surface area (Å²) in [5.41, 5.74) is 6.40. The Morgan fingerprint density at radius 3 is 2.38 bits per heavy atom. The first kappa shape index (κ1) is 12.3. The van der Waals surface area contributed by atoms with E-state index in [2.05, 4.69) is 4.90 Å². The van der Waals surface area contributed by atoms with E-state index in [0.29, 0.717) is 5.54 Å². The van der Waals surface area contributed by atoms with E-state index in [0.717, 1.165) is 26.3 Å². The summed E-state index contributed by atoms with van der Waals surface area (Å²) in [5, 5.41) is 0. The second-order valence-electron chi connectivity index (χ2n) is 5.30. The molecule has 0 radical (unpaired) electrons. The molecular weight excluding hydrogens is 200 g/mol. The maximum absolute atomic E-state index is 6.11. The number of ether oxygens (including phenoxy) is 1. The third-order valence-electron chi connectivity index (χ3n) is 4.31. The van der Waals surface area contributed by atoms with E-state index in [9.17, 15) is 0 Å². The second-order valence-corrected chi connectivity index (χ2v) is 5.30. The Kier molecular flexibility index (Phi) is 4.62. The van der Waals surface area contributed by atoms with E-state index in [1.54, 1.807) is 0 Å². The van der Waals surface area contributed by atoms with Crippen LogP contribution in [0.25, 0.3) is 0 Å². The van der Waals surface area contributed by atoms with E-state index in [4.69, 9.17) is 10.5 Å². The molecule has 94 valence electrons. The third-order valence-corrected chi connectivity index (χ3v) is 4.31. The largest absolute Gasteiger partial charge is 0.380 e. The molecule has 0 aromatic rings. The van der Waals surface area contributed by atoms with Crippen LogP contribution >= 0.6 is 0 Å². The van der Waals surface area contributed by atoms with Gasteiger partial charge in [-0.2, -0.15) is 0 Å². The lowest BCUT2D eigenvalue weighted by Crippen LogP contribution is -2.54. The Balaban J connectivity index is 2.04. The van der Waals surface area contributed by atoms with Gasteiger partial charge in [-0.25, -0.2) is 0 Å². The molecule has 0 amide bonds. The van der Waals surface area contributed by atoms with Crippen molar-refractivity contribution >= 4 is 0 Å². The van der Waals surface area contributed by atoms with Crippen LogP contribution in [-0.4, -0.2) is 43.3 Å². The molecule has 1 saturated heterocycles. The highest BCUT2D eigenvalue weighted by atomic mass is 16.5. The van der Waals surface area contributed by atoms with Crippen molar-refractivity contribution in [3.8, 4) is 0 Å². The Morgan fingerprint density at radius 2 is 1.69 bits per heavy atom. The van der Waals surface area contributed by atoms with Crippen molar-refractivity contribution in [3.05, 3.63) is 0 Å². The fraction of sp³-hybridized carbons (Fsp3) is 1.00. The lowest BCUT2D eigenvalue weighted by atomic mass is 9.88. The molecule has 0 bridgehead atoms. The first-order valence-corrected chi connectivity index (χ1v) is 6.90. The highest BCUT2D eigenvalue weighted by molar-refractivity contribution is 4.93. The number of nitrogens with zero attached hydrogens (tertiary/aromatic N) is 1. The van der Waals surface area contributed by atoms with Gasteiger partial charge in [-0.15, -0.1) is 0 Å². The Bertz CT molecular complexity index is 192. The smallest absolute Gasteiger partial charge is 0.0593 e. The van der Waals surface area contributed by atoms with E-state index in [1.165, 1.54) is 51.5 Å². The average molecular weight is 226 g/mol. The zero-order valence-electron chi connectivity index (χ0n) is 10.4. The van der Waals surface area contributed by atoms with Crippen molar-refractivity contribution in [2.24, 2.45) is 5.73 Å². The average Bonchev–Trinajstić information content (AvgIpc) is 2.72. The van der Waals surface area contributed by atoms with Crippen LogP contribution < -0.4 is 5.73 Å². The SMILES string of the molecule is NCC1(N2CCCOCC2)CCCCCC1. The minimum Gasteiger partial charge on any atom is -0.380 e. The second kappa shape index (κ2) is 5.99. The molecule has 16 heavy (non-hydrogen) atoms. The third kappa shape index (κ3) is 2.76. The molecule has 1 heterocycles. The molecule has 2 rings (SSSR count). The summed E-state index contributed by atoms with van der Waals surface area (Å²) in [6.45, 7) is 4.90. The highest BCUT2D eigenvalue weighted by Gasteiger charge is 2.35. The number of hydrogen-bond donors (Lipinski definition) is 1. The van der Waals surface area contributed by atoms with Crippen LogP contribution in [-0.2, 0) is 4.74 Å². The van der Waals surface area contributed by atoms with Crippen molar-refractivity contribution in [1.29, 1.82) is 0 Å². The zero-order valence-corrected chi connectivity index (χ0v) is 10.4. The predicted octanol–water partition coefficient (Wildman–Crippen LogP) is 1.76. The Morgan fingerprint density at radius 1 is 0.938 bits per heavy atom.